The lowest BCUT2D eigenvalue weighted by molar-refractivity contribution is -0.135. The standard InChI is InChI=1S/C17H31N3O/c1-5-15-18-16(11(2)3)17(21)20(15)14-9-12-7-6-8-13(10-14)19(12)4/h11-16,18H,5-10H2,1-4H3. The maximum atomic E-state index is 12.9. The van der Waals surface area contributed by atoms with E-state index in [0.717, 1.165) is 6.42 Å². The number of carbonyl (C=O) groups is 1. The molecule has 0 spiro atoms. The van der Waals surface area contributed by atoms with Crippen molar-refractivity contribution in [1.29, 1.82) is 0 Å². The van der Waals surface area contributed by atoms with Gasteiger partial charge in [-0.25, -0.2) is 0 Å². The van der Waals surface area contributed by atoms with Crippen molar-refractivity contribution in [3.05, 3.63) is 0 Å². The lowest BCUT2D eigenvalue weighted by Crippen LogP contribution is -2.57. The maximum absolute atomic E-state index is 12.9. The topological polar surface area (TPSA) is 35.6 Å². The number of hydrogen-bond donors (Lipinski definition) is 1. The minimum atomic E-state index is 0.0226. The van der Waals surface area contributed by atoms with Crippen LogP contribution in [0.4, 0.5) is 0 Å². The van der Waals surface area contributed by atoms with Gasteiger partial charge in [-0.2, -0.15) is 0 Å². The number of carbonyl (C=O) groups excluding carboxylic acids is 1. The second-order valence-corrected chi connectivity index (χ2v) is 7.59. The monoisotopic (exact) mass is 293 g/mol. The zero-order valence-corrected chi connectivity index (χ0v) is 14.0. The van der Waals surface area contributed by atoms with Crippen LogP contribution in [-0.2, 0) is 4.79 Å². The van der Waals surface area contributed by atoms with Gasteiger partial charge in [0.1, 0.15) is 0 Å². The molecule has 4 atom stereocenters. The molecule has 3 aliphatic heterocycles. The number of fused-ring (bicyclic) bond motifs is 2. The van der Waals surface area contributed by atoms with E-state index in [1.807, 2.05) is 0 Å². The SMILES string of the molecule is CCC1NC(C(C)C)C(=O)N1C1CC2CCCC(C1)N2C. The summed E-state index contributed by atoms with van der Waals surface area (Å²) < 4.78 is 0. The molecule has 3 saturated heterocycles. The summed E-state index contributed by atoms with van der Waals surface area (Å²) in [5, 5.41) is 3.58. The van der Waals surface area contributed by atoms with Crippen LogP contribution in [0.1, 0.15) is 59.3 Å². The number of piperidine rings is 2. The van der Waals surface area contributed by atoms with E-state index >= 15 is 0 Å². The Morgan fingerprint density at radius 2 is 1.81 bits per heavy atom. The fourth-order valence-corrected chi connectivity index (χ4v) is 4.71. The molecule has 0 saturated carbocycles. The van der Waals surface area contributed by atoms with Crippen LogP contribution in [0.15, 0.2) is 0 Å². The Bertz CT molecular complexity index is 383. The highest BCUT2D eigenvalue weighted by atomic mass is 16.2. The van der Waals surface area contributed by atoms with Gasteiger partial charge in [0.05, 0.1) is 12.2 Å². The maximum Gasteiger partial charge on any atom is 0.241 e. The number of nitrogens with zero attached hydrogens (tertiary/aromatic N) is 2. The van der Waals surface area contributed by atoms with E-state index in [2.05, 4.69) is 42.9 Å². The Morgan fingerprint density at radius 3 is 2.33 bits per heavy atom. The zero-order valence-electron chi connectivity index (χ0n) is 14.0. The third-order valence-corrected chi connectivity index (χ3v) is 5.99. The van der Waals surface area contributed by atoms with Crippen molar-refractivity contribution in [2.75, 3.05) is 7.05 Å². The molecule has 3 fully saturated rings. The number of hydrogen-bond acceptors (Lipinski definition) is 3. The molecule has 0 aromatic heterocycles. The predicted molar refractivity (Wildman–Crippen MR) is 84.9 cm³/mol. The van der Waals surface area contributed by atoms with E-state index in [9.17, 15) is 4.79 Å². The Morgan fingerprint density at radius 1 is 1.19 bits per heavy atom. The smallest absolute Gasteiger partial charge is 0.241 e. The molecule has 0 radical (unpaired) electrons. The Balaban J connectivity index is 1.77. The van der Waals surface area contributed by atoms with E-state index in [-0.39, 0.29) is 12.2 Å². The molecule has 3 rings (SSSR count). The summed E-state index contributed by atoms with van der Waals surface area (Å²) in [7, 11) is 2.28. The highest BCUT2D eigenvalue weighted by Gasteiger charge is 2.46. The Labute approximate surface area is 129 Å². The van der Waals surface area contributed by atoms with E-state index in [0.29, 0.717) is 30.0 Å². The molecule has 21 heavy (non-hydrogen) atoms. The van der Waals surface area contributed by atoms with Gasteiger partial charge >= 0.3 is 0 Å². The molecule has 4 nitrogen and oxygen atoms in total. The van der Waals surface area contributed by atoms with Gasteiger partial charge in [0.2, 0.25) is 5.91 Å². The Hall–Kier alpha value is -0.610. The fraction of sp³-hybridized carbons (Fsp3) is 0.941. The Kier molecular flexibility index (Phi) is 4.28. The summed E-state index contributed by atoms with van der Waals surface area (Å²) >= 11 is 0. The number of rotatable bonds is 3. The van der Waals surface area contributed by atoms with E-state index < -0.39 is 0 Å². The van der Waals surface area contributed by atoms with Crippen molar-refractivity contribution in [3.63, 3.8) is 0 Å². The normalized spacial score (nSPS) is 41.1. The third-order valence-electron chi connectivity index (χ3n) is 5.99. The first-order valence-corrected chi connectivity index (χ1v) is 8.83. The number of nitrogens with one attached hydrogen (secondary N) is 1. The van der Waals surface area contributed by atoms with Crippen LogP contribution in [0.5, 0.6) is 0 Å². The van der Waals surface area contributed by atoms with Crippen LogP contribution in [-0.4, -0.2) is 53.1 Å². The van der Waals surface area contributed by atoms with Crippen LogP contribution in [0.25, 0.3) is 0 Å². The molecule has 1 N–H and O–H groups in total. The lowest BCUT2D eigenvalue weighted by atomic mass is 9.81. The van der Waals surface area contributed by atoms with Crippen molar-refractivity contribution in [2.24, 2.45) is 5.92 Å². The molecule has 3 aliphatic rings. The van der Waals surface area contributed by atoms with E-state index in [4.69, 9.17) is 0 Å². The van der Waals surface area contributed by atoms with Crippen LogP contribution in [0.2, 0.25) is 0 Å². The molecule has 0 aromatic rings. The van der Waals surface area contributed by atoms with Gasteiger partial charge in [0.15, 0.2) is 0 Å². The average molecular weight is 293 g/mol. The average Bonchev–Trinajstić information content (AvgIpc) is 2.76. The van der Waals surface area contributed by atoms with E-state index in [1.54, 1.807) is 0 Å². The first kappa shape index (κ1) is 15.3. The van der Waals surface area contributed by atoms with Crippen molar-refractivity contribution >= 4 is 5.91 Å². The van der Waals surface area contributed by atoms with Crippen molar-refractivity contribution in [3.8, 4) is 0 Å². The molecular formula is C17H31N3O. The molecular weight excluding hydrogens is 262 g/mol. The molecule has 1 amide bonds. The molecule has 120 valence electrons. The molecule has 2 bridgehead atoms. The molecule has 0 aromatic carbocycles. The zero-order chi connectivity index (χ0) is 15.1. The van der Waals surface area contributed by atoms with Gasteiger partial charge in [-0.1, -0.05) is 27.2 Å². The molecule has 0 aliphatic carbocycles. The quantitative estimate of drug-likeness (QED) is 0.866. The predicted octanol–water partition coefficient (Wildman–Crippen LogP) is 2.19. The second kappa shape index (κ2) is 5.88. The summed E-state index contributed by atoms with van der Waals surface area (Å²) in [6.45, 7) is 6.49. The van der Waals surface area contributed by atoms with Crippen molar-refractivity contribution < 1.29 is 4.79 Å². The lowest BCUT2D eigenvalue weighted by Gasteiger charge is -2.49. The number of amides is 1. The van der Waals surface area contributed by atoms with Crippen molar-refractivity contribution in [2.45, 2.75) is 89.6 Å². The summed E-state index contributed by atoms with van der Waals surface area (Å²) in [6, 6.07) is 1.84. The van der Waals surface area contributed by atoms with Gasteiger partial charge in [0.25, 0.3) is 0 Å². The summed E-state index contributed by atoms with van der Waals surface area (Å²) in [5.41, 5.74) is 0. The molecule has 3 heterocycles. The third kappa shape index (κ3) is 2.61. The molecule has 4 heteroatoms. The van der Waals surface area contributed by atoms with Gasteiger partial charge in [-0.05, 0) is 45.1 Å². The minimum Gasteiger partial charge on any atom is -0.323 e. The highest BCUT2D eigenvalue weighted by molar-refractivity contribution is 5.85. The first-order valence-electron chi connectivity index (χ1n) is 8.83. The van der Waals surface area contributed by atoms with Gasteiger partial charge in [-0.15, -0.1) is 0 Å². The van der Waals surface area contributed by atoms with E-state index in [1.165, 1.54) is 32.1 Å². The largest absolute Gasteiger partial charge is 0.323 e. The first-order chi connectivity index (χ1) is 10.0. The molecule has 4 unspecified atom stereocenters. The van der Waals surface area contributed by atoms with Crippen LogP contribution in [0.3, 0.4) is 0 Å². The summed E-state index contributed by atoms with van der Waals surface area (Å²) in [5.74, 6) is 0.729. The van der Waals surface area contributed by atoms with Crippen LogP contribution in [0, 0.1) is 5.92 Å². The van der Waals surface area contributed by atoms with Crippen molar-refractivity contribution in [1.82, 2.24) is 15.1 Å². The fourth-order valence-electron chi connectivity index (χ4n) is 4.71. The summed E-state index contributed by atoms with van der Waals surface area (Å²) in [4.78, 5) is 17.7. The van der Waals surface area contributed by atoms with Crippen LogP contribution < -0.4 is 5.32 Å². The van der Waals surface area contributed by atoms with Crippen LogP contribution >= 0.6 is 0 Å². The highest BCUT2D eigenvalue weighted by Crippen LogP contribution is 2.37. The summed E-state index contributed by atoms with van der Waals surface area (Å²) in [6.07, 6.45) is 7.58. The van der Waals surface area contributed by atoms with Gasteiger partial charge in [0, 0.05) is 18.1 Å². The minimum absolute atomic E-state index is 0.0226. The van der Waals surface area contributed by atoms with Gasteiger partial charge in [-0.3, -0.25) is 10.1 Å². The van der Waals surface area contributed by atoms with Gasteiger partial charge < -0.3 is 9.80 Å². The second-order valence-electron chi connectivity index (χ2n) is 7.59.